The maximum Gasteiger partial charge on any atom is 0.149 e. The standard InChI is InChI=1S/C16H22N2OS2/c1-4-17-15(11-21-16-18-9-10-20-16)13-5-7-14(8-6-13)19-12(2)3/h5-10,12,15,17H,4,11H2,1-3H3. The van der Waals surface area contributed by atoms with Crippen molar-refractivity contribution in [1.82, 2.24) is 10.3 Å². The van der Waals surface area contributed by atoms with E-state index in [4.69, 9.17) is 4.74 Å². The SMILES string of the molecule is CCNC(CSc1nccs1)c1ccc(OC(C)C)cc1. The summed E-state index contributed by atoms with van der Waals surface area (Å²) in [4.78, 5) is 4.32. The Morgan fingerprint density at radius 1 is 1.29 bits per heavy atom. The fraction of sp³-hybridized carbons (Fsp3) is 0.438. The Labute approximate surface area is 135 Å². The van der Waals surface area contributed by atoms with Crippen molar-refractivity contribution in [2.75, 3.05) is 12.3 Å². The summed E-state index contributed by atoms with van der Waals surface area (Å²) in [6.07, 6.45) is 2.06. The average molecular weight is 322 g/mol. The van der Waals surface area contributed by atoms with E-state index in [0.717, 1.165) is 22.4 Å². The number of hydrogen-bond donors (Lipinski definition) is 1. The molecular weight excluding hydrogens is 300 g/mol. The number of hydrogen-bond acceptors (Lipinski definition) is 5. The first-order valence-corrected chi connectivity index (χ1v) is 9.08. The lowest BCUT2D eigenvalue weighted by molar-refractivity contribution is 0.242. The maximum absolute atomic E-state index is 5.69. The lowest BCUT2D eigenvalue weighted by Gasteiger charge is -2.18. The molecule has 0 bridgehead atoms. The van der Waals surface area contributed by atoms with E-state index >= 15 is 0 Å². The van der Waals surface area contributed by atoms with Gasteiger partial charge < -0.3 is 10.1 Å². The van der Waals surface area contributed by atoms with Crippen LogP contribution in [0.2, 0.25) is 0 Å². The molecule has 0 radical (unpaired) electrons. The van der Waals surface area contributed by atoms with Gasteiger partial charge in [0.15, 0.2) is 0 Å². The van der Waals surface area contributed by atoms with Crippen LogP contribution in [0, 0.1) is 0 Å². The number of thioether (sulfide) groups is 1. The first kappa shape index (κ1) is 16.3. The number of nitrogens with one attached hydrogen (secondary N) is 1. The third-order valence-corrected chi connectivity index (χ3v) is 4.95. The van der Waals surface area contributed by atoms with Gasteiger partial charge in [0.2, 0.25) is 0 Å². The molecule has 1 aromatic heterocycles. The lowest BCUT2D eigenvalue weighted by Crippen LogP contribution is -2.22. The molecule has 0 aliphatic rings. The molecule has 0 saturated heterocycles. The zero-order valence-corrected chi connectivity index (χ0v) is 14.3. The Balaban J connectivity index is 1.99. The molecule has 0 saturated carbocycles. The second-order valence-electron chi connectivity index (χ2n) is 4.95. The lowest BCUT2D eigenvalue weighted by atomic mass is 10.1. The molecule has 1 unspecified atom stereocenters. The smallest absolute Gasteiger partial charge is 0.149 e. The fourth-order valence-corrected chi connectivity index (χ4v) is 3.76. The van der Waals surface area contributed by atoms with Crippen LogP contribution in [-0.2, 0) is 0 Å². The van der Waals surface area contributed by atoms with Crippen molar-refractivity contribution in [2.24, 2.45) is 0 Å². The minimum absolute atomic E-state index is 0.209. The van der Waals surface area contributed by atoms with E-state index < -0.39 is 0 Å². The van der Waals surface area contributed by atoms with E-state index in [9.17, 15) is 0 Å². The summed E-state index contributed by atoms with van der Waals surface area (Å²) in [5, 5.41) is 5.55. The molecule has 0 spiro atoms. The van der Waals surface area contributed by atoms with Crippen LogP contribution < -0.4 is 10.1 Å². The van der Waals surface area contributed by atoms with Crippen molar-refractivity contribution >= 4 is 23.1 Å². The normalized spacial score (nSPS) is 12.6. The minimum Gasteiger partial charge on any atom is -0.491 e. The monoisotopic (exact) mass is 322 g/mol. The van der Waals surface area contributed by atoms with Crippen LogP contribution in [0.5, 0.6) is 5.75 Å². The van der Waals surface area contributed by atoms with Crippen molar-refractivity contribution in [3.05, 3.63) is 41.4 Å². The average Bonchev–Trinajstić information content (AvgIpc) is 2.97. The Kier molecular flexibility index (Phi) is 6.54. The van der Waals surface area contributed by atoms with Crippen molar-refractivity contribution in [1.29, 1.82) is 0 Å². The van der Waals surface area contributed by atoms with Gasteiger partial charge >= 0.3 is 0 Å². The van der Waals surface area contributed by atoms with Crippen molar-refractivity contribution in [2.45, 2.75) is 37.3 Å². The Bertz CT molecular complexity index is 512. The molecule has 5 heteroatoms. The molecule has 0 amide bonds. The maximum atomic E-state index is 5.69. The van der Waals surface area contributed by atoms with E-state index in [-0.39, 0.29) is 6.10 Å². The van der Waals surface area contributed by atoms with Gasteiger partial charge in [0, 0.05) is 23.4 Å². The molecule has 0 aliphatic carbocycles. The molecule has 2 rings (SSSR count). The van der Waals surface area contributed by atoms with Crippen LogP contribution in [0.1, 0.15) is 32.4 Å². The highest BCUT2D eigenvalue weighted by molar-refractivity contribution is 8.01. The third-order valence-electron chi connectivity index (χ3n) is 2.89. The van der Waals surface area contributed by atoms with Crippen LogP contribution in [-0.4, -0.2) is 23.4 Å². The Morgan fingerprint density at radius 2 is 2.05 bits per heavy atom. The summed E-state index contributed by atoms with van der Waals surface area (Å²) in [6.45, 7) is 7.17. The molecule has 1 atom stereocenters. The van der Waals surface area contributed by atoms with E-state index in [2.05, 4.69) is 29.4 Å². The molecule has 3 nitrogen and oxygen atoms in total. The van der Waals surface area contributed by atoms with Gasteiger partial charge in [-0.1, -0.05) is 30.8 Å². The molecule has 114 valence electrons. The number of nitrogens with zero attached hydrogens (tertiary/aromatic N) is 1. The highest BCUT2D eigenvalue weighted by atomic mass is 32.2. The topological polar surface area (TPSA) is 34.2 Å². The molecule has 0 aliphatic heterocycles. The van der Waals surface area contributed by atoms with Crippen LogP contribution in [0.3, 0.4) is 0 Å². The summed E-state index contributed by atoms with van der Waals surface area (Å²) in [7, 11) is 0. The van der Waals surface area contributed by atoms with E-state index in [1.54, 1.807) is 23.1 Å². The zero-order valence-electron chi connectivity index (χ0n) is 12.7. The minimum atomic E-state index is 0.209. The summed E-state index contributed by atoms with van der Waals surface area (Å²) >= 11 is 3.49. The first-order chi connectivity index (χ1) is 10.2. The molecule has 0 fully saturated rings. The Morgan fingerprint density at radius 3 is 2.62 bits per heavy atom. The number of rotatable bonds is 8. The quantitative estimate of drug-likeness (QED) is 0.732. The van der Waals surface area contributed by atoms with E-state index in [0.29, 0.717) is 6.04 Å². The van der Waals surface area contributed by atoms with Crippen molar-refractivity contribution in [3.8, 4) is 5.75 Å². The van der Waals surface area contributed by atoms with Gasteiger partial charge in [-0.2, -0.15) is 0 Å². The van der Waals surface area contributed by atoms with Gasteiger partial charge in [-0.15, -0.1) is 11.3 Å². The van der Waals surface area contributed by atoms with Crippen LogP contribution in [0.15, 0.2) is 40.2 Å². The number of ether oxygens (including phenoxy) is 1. The highest BCUT2D eigenvalue weighted by Gasteiger charge is 2.12. The van der Waals surface area contributed by atoms with Gasteiger partial charge in [0.25, 0.3) is 0 Å². The van der Waals surface area contributed by atoms with Crippen molar-refractivity contribution < 1.29 is 4.74 Å². The van der Waals surface area contributed by atoms with Gasteiger partial charge in [-0.3, -0.25) is 0 Å². The number of aromatic nitrogens is 1. The third kappa shape index (κ3) is 5.34. The predicted molar refractivity (Wildman–Crippen MR) is 91.5 cm³/mol. The Hall–Kier alpha value is -1.04. The van der Waals surface area contributed by atoms with Gasteiger partial charge in [0.05, 0.1) is 6.10 Å². The summed E-state index contributed by atoms with van der Waals surface area (Å²) in [6, 6.07) is 8.72. The van der Waals surface area contributed by atoms with Crippen LogP contribution >= 0.6 is 23.1 Å². The molecule has 1 heterocycles. The van der Waals surface area contributed by atoms with Gasteiger partial charge in [0.1, 0.15) is 10.1 Å². The summed E-state index contributed by atoms with van der Waals surface area (Å²) < 4.78 is 6.82. The fourth-order valence-electron chi connectivity index (χ4n) is 2.01. The number of benzene rings is 1. The molecule has 2 aromatic rings. The zero-order chi connectivity index (χ0) is 15.1. The largest absolute Gasteiger partial charge is 0.491 e. The van der Waals surface area contributed by atoms with Crippen LogP contribution in [0.25, 0.3) is 0 Å². The van der Waals surface area contributed by atoms with Crippen LogP contribution in [0.4, 0.5) is 0 Å². The van der Waals surface area contributed by atoms with E-state index in [1.165, 1.54) is 5.56 Å². The molecule has 1 aromatic carbocycles. The molecule has 1 N–H and O–H groups in total. The van der Waals surface area contributed by atoms with E-state index in [1.807, 2.05) is 37.6 Å². The first-order valence-electron chi connectivity index (χ1n) is 7.21. The summed E-state index contributed by atoms with van der Waals surface area (Å²) in [5.74, 6) is 1.91. The second kappa shape index (κ2) is 8.41. The molecular formula is C16H22N2OS2. The predicted octanol–water partition coefficient (Wildman–Crippen LogP) is 4.37. The highest BCUT2D eigenvalue weighted by Crippen LogP contribution is 2.27. The van der Waals surface area contributed by atoms with Gasteiger partial charge in [-0.05, 0) is 38.1 Å². The molecule has 21 heavy (non-hydrogen) atoms. The number of thiazole rings is 1. The van der Waals surface area contributed by atoms with Crippen molar-refractivity contribution in [3.63, 3.8) is 0 Å². The summed E-state index contributed by atoms with van der Waals surface area (Å²) in [5.41, 5.74) is 1.29. The van der Waals surface area contributed by atoms with Gasteiger partial charge in [-0.25, -0.2) is 4.98 Å². The second-order valence-corrected chi connectivity index (χ2v) is 7.12.